The van der Waals surface area contributed by atoms with Crippen molar-refractivity contribution in [1.82, 2.24) is 0 Å². The first-order valence-corrected chi connectivity index (χ1v) is 5.31. The van der Waals surface area contributed by atoms with Gasteiger partial charge in [-0.25, -0.2) is 8.78 Å². The standard InChI is InChI=1S/C12H14F2O3/c1-16-11-3-9(13)8(2-10(11)14)4-12(5-15)6-17-7-12/h2-3,15H,4-7H2,1H3. The van der Waals surface area contributed by atoms with Crippen LogP contribution in [-0.2, 0) is 11.2 Å². The zero-order chi connectivity index (χ0) is 12.5. The largest absolute Gasteiger partial charge is 0.494 e. The van der Waals surface area contributed by atoms with Gasteiger partial charge in [0, 0.05) is 11.5 Å². The fourth-order valence-electron chi connectivity index (χ4n) is 1.91. The van der Waals surface area contributed by atoms with Crippen LogP contribution in [0.2, 0.25) is 0 Å². The molecule has 1 saturated heterocycles. The molecule has 94 valence electrons. The number of rotatable bonds is 4. The van der Waals surface area contributed by atoms with Gasteiger partial charge in [0.25, 0.3) is 0 Å². The average molecular weight is 244 g/mol. The SMILES string of the molecule is COc1cc(F)c(CC2(CO)COC2)cc1F. The van der Waals surface area contributed by atoms with E-state index in [2.05, 4.69) is 4.74 Å². The Hall–Kier alpha value is -1.20. The van der Waals surface area contributed by atoms with Crippen molar-refractivity contribution < 1.29 is 23.4 Å². The van der Waals surface area contributed by atoms with Gasteiger partial charge in [-0.1, -0.05) is 0 Å². The lowest BCUT2D eigenvalue weighted by atomic mass is 9.80. The molecule has 2 rings (SSSR count). The third-order valence-electron chi connectivity index (χ3n) is 3.04. The number of ether oxygens (including phenoxy) is 2. The van der Waals surface area contributed by atoms with Crippen LogP contribution in [0.1, 0.15) is 5.56 Å². The van der Waals surface area contributed by atoms with Crippen molar-refractivity contribution in [2.45, 2.75) is 6.42 Å². The number of hydrogen-bond donors (Lipinski definition) is 1. The van der Waals surface area contributed by atoms with Gasteiger partial charge >= 0.3 is 0 Å². The molecule has 1 fully saturated rings. The Balaban J connectivity index is 2.24. The molecule has 0 unspecified atom stereocenters. The summed E-state index contributed by atoms with van der Waals surface area (Å²) in [5.74, 6) is -1.24. The Labute approximate surface area is 98.0 Å². The van der Waals surface area contributed by atoms with Crippen LogP contribution in [-0.4, -0.2) is 32.0 Å². The van der Waals surface area contributed by atoms with Crippen LogP contribution >= 0.6 is 0 Å². The lowest BCUT2D eigenvalue weighted by Crippen LogP contribution is -2.47. The Morgan fingerprint density at radius 3 is 2.53 bits per heavy atom. The van der Waals surface area contributed by atoms with Gasteiger partial charge in [0.15, 0.2) is 11.6 Å². The molecule has 1 aromatic carbocycles. The van der Waals surface area contributed by atoms with Gasteiger partial charge in [0.1, 0.15) is 5.82 Å². The van der Waals surface area contributed by atoms with Crippen LogP contribution in [0.15, 0.2) is 12.1 Å². The van der Waals surface area contributed by atoms with E-state index in [1.165, 1.54) is 7.11 Å². The number of hydrogen-bond acceptors (Lipinski definition) is 3. The second kappa shape index (κ2) is 4.58. The highest BCUT2D eigenvalue weighted by Gasteiger charge is 2.38. The first-order chi connectivity index (χ1) is 8.10. The van der Waals surface area contributed by atoms with Crippen molar-refractivity contribution in [3.05, 3.63) is 29.3 Å². The maximum atomic E-state index is 13.7. The fraction of sp³-hybridized carbons (Fsp3) is 0.500. The molecule has 17 heavy (non-hydrogen) atoms. The van der Waals surface area contributed by atoms with E-state index in [0.29, 0.717) is 13.2 Å². The van der Waals surface area contributed by atoms with Gasteiger partial charge in [-0.15, -0.1) is 0 Å². The third kappa shape index (κ3) is 2.25. The predicted molar refractivity (Wildman–Crippen MR) is 57.0 cm³/mol. The molecule has 1 aliphatic heterocycles. The fourth-order valence-corrected chi connectivity index (χ4v) is 1.91. The van der Waals surface area contributed by atoms with E-state index in [0.717, 1.165) is 12.1 Å². The lowest BCUT2D eigenvalue weighted by molar-refractivity contribution is -0.136. The summed E-state index contributed by atoms with van der Waals surface area (Å²) >= 11 is 0. The van der Waals surface area contributed by atoms with E-state index in [-0.39, 0.29) is 24.3 Å². The Kier molecular flexibility index (Phi) is 3.31. The Morgan fingerprint density at radius 1 is 1.35 bits per heavy atom. The molecule has 0 radical (unpaired) electrons. The summed E-state index contributed by atoms with van der Waals surface area (Å²) in [4.78, 5) is 0. The molecule has 0 atom stereocenters. The highest BCUT2D eigenvalue weighted by molar-refractivity contribution is 5.31. The van der Waals surface area contributed by atoms with Crippen molar-refractivity contribution in [1.29, 1.82) is 0 Å². The van der Waals surface area contributed by atoms with E-state index in [9.17, 15) is 13.9 Å². The van der Waals surface area contributed by atoms with Crippen molar-refractivity contribution >= 4 is 0 Å². The number of methoxy groups -OCH3 is 1. The zero-order valence-electron chi connectivity index (χ0n) is 9.50. The molecule has 0 amide bonds. The monoisotopic (exact) mass is 244 g/mol. The van der Waals surface area contributed by atoms with Gasteiger partial charge in [-0.2, -0.15) is 0 Å². The van der Waals surface area contributed by atoms with Gasteiger partial charge in [-0.3, -0.25) is 0 Å². The highest BCUT2D eigenvalue weighted by Crippen LogP contribution is 2.33. The number of aliphatic hydroxyl groups excluding tert-OH is 1. The zero-order valence-corrected chi connectivity index (χ0v) is 9.50. The molecule has 1 aromatic rings. The smallest absolute Gasteiger partial charge is 0.165 e. The molecule has 0 aliphatic carbocycles. The number of halogens is 2. The third-order valence-corrected chi connectivity index (χ3v) is 3.04. The molecular weight excluding hydrogens is 230 g/mol. The molecule has 0 saturated carbocycles. The summed E-state index contributed by atoms with van der Waals surface area (Å²) in [7, 11) is 1.28. The summed E-state index contributed by atoms with van der Waals surface area (Å²) in [5, 5.41) is 9.24. The normalized spacial score (nSPS) is 17.6. The second-order valence-electron chi connectivity index (χ2n) is 4.41. The number of aliphatic hydroxyl groups is 1. The minimum absolute atomic E-state index is 0.0971. The maximum Gasteiger partial charge on any atom is 0.165 e. The predicted octanol–water partition coefficient (Wildman–Crippen LogP) is 1.52. The van der Waals surface area contributed by atoms with Crippen LogP contribution in [0.3, 0.4) is 0 Å². The Morgan fingerprint density at radius 2 is 2.06 bits per heavy atom. The van der Waals surface area contributed by atoms with E-state index in [4.69, 9.17) is 4.74 Å². The molecule has 1 aliphatic rings. The average Bonchev–Trinajstić information content (AvgIpc) is 2.27. The van der Waals surface area contributed by atoms with Gasteiger partial charge in [0.05, 0.1) is 26.9 Å². The van der Waals surface area contributed by atoms with Crippen molar-refractivity contribution in [2.24, 2.45) is 5.41 Å². The van der Waals surface area contributed by atoms with Crippen LogP contribution < -0.4 is 4.74 Å². The molecule has 0 bridgehead atoms. The van der Waals surface area contributed by atoms with Crippen LogP contribution in [0.4, 0.5) is 8.78 Å². The molecule has 1 N–H and O–H groups in total. The number of benzene rings is 1. The summed E-state index contributed by atoms with van der Waals surface area (Å²) in [5.41, 5.74) is -0.234. The van der Waals surface area contributed by atoms with Crippen molar-refractivity contribution in [3.8, 4) is 5.75 Å². The molecule has 0 spiro atoms. The minimum Gasteiger partial charge on any atom is -0.494 e. The topological polar surface area (TPSA) is 38.7 Å². The molecule has 1 heterocycles. The second-order valence-corrected chi connectivity index (χ2v) is 4.41. The van der Waals surface area contributed by atoms with E-state index < -0.39 is 17.0 Å². The summed E-state index contributed by atoms with van der Waals surface area (Å²) in [6.07, 6.45) is 0.260. The summed E-state index contributed by atoms with van der Waals surface area (Å²) in [6.45, 7) is 0.646. The molecule has 5 heteroatoms. The van der Waals surface area contributed by atoms with Crippen LogP contribution in [0.5, 0.6) is 5.75 Å². The first-order valence-electron chi connectivity index (χ1n) is 5.31. The summed E-state index contributed by atoms with van der Waals surface area (Å²) < 4.78 is 36.8. The summed E-state index contributed by atoms with van der Waals surface area (Å²) in [6, 6.07) is 2.14. The molecule has 0 aromatic heterocycles. The van der Waals surface area contributed by atoms with Crippen molar-refractivity contribution in [3.63, 3.8) is 0 Å². The van der Waals surface area contributed by atoms with Gasteiger partial charge in [0.2, 0.25) is 0 Å². The van der Waals surface area contributed by atoms with Crippen LogP contribution in [0.25, 0.3) is 0 Å². The Bertz CT molecular complexity index is 411. The van der Waals surface area contributed by atoms with Crippen LogP contribution in [0, 0.1) is 17.0 Å². The van der Waals surface area contributed by atoms with Gasteiger partial charge < -0.3 is 14.6 Å². The van der Waals surface area contributed by atoms with E-state index >= 15 is 0 Å². The molecule has 3 nitrogen and oxygen atoms in total. The molecular formula is C12H14F2O3. The van der Waals surface area contributed by atoms with E-state index in [1.54, 1.807) is 0 Å². The van der Waals surface area contributed by atoms with Gasteiger partial charge in [-0.05, 0) is 18.1 Å². The minimum atomic E-state index is -0.600. The lowest BCUT2D eigenvalue weighted by Gasteiger charge is -2.40. The van der Waals surface area contributed by atoms with E-state index in [1.807, 2.05) is 0 Å². The first kappa shape index (κ1) is 12.3. The quantitative estimate of drug-likeness (QED) is 0.872. The van der Waals surface area contributed by atoms with Crippen molar-refractivity contribution in [2.75, 3.05) is 26.9 Å². The maximum absolute atomic E-state index is 13.7. The highest BCUT2D eigenvalue weighted by atomic mass is 19.1.